The Morgan fingerprint density at radius 3 is 2.79 bits per heavy atom. The quantitative estimate of drug-likeness (QED) is 0.715. The Morgan fingerprint density at radius 2 is 2.00 bits per heavy atom. The minimum Gasteiger partial charge on any atom is -0.322 e. The zero-order valence-corrected chi connectivity index (χ0v) is 10.9. The molecule has 0 spiro atoms. The Kier molecular flexibility index (Phi) is 3.23. The van der Waals surface area contributed by atoms with E-state index in [9.17, 15) is 0 Å². The summed E-state index contributed by atoms with van der Waals surface area (Å²) < 4.78 is 2.05. The topological polar surface area (TPSA) is 43.6 Å². The van der Waals surface area contributed by atoms with E-state index in [1.165, 1.54) is 11.9 Å². The average molecular weight is 251 g/mol. The summed E-state index contributed by atoms with van der Waals surface area (Å²) in [6.45, 7) is 2.92. The standard InChI is InChI=1S/C15H15N4/c1-2-6-14-18-15-13(16-11-17-15)10-19(14)9-12-7-4-3-5-8-12/h3-5,7-8,11H,2,6,9H2,1H3. The smallest absolute Gasteiger partial charge is 0.183 e. The van der Waals surface area contributed by atoms with Gasteiger partial charge in [0.2, 0.25) is 0 Å². The van der Waals surface area contributed by atoms with Crippen LogP contribution in [0.3, 0.4) is 0 Å². The summed E-state index contributed by atoms with van der Waals surface area (Å²) in [4.78, 5) is 12.9. The van der Waals surface area contributed by atoms with Gasteiger partial charge in [-0.3, -0.25) is 0 Å². The Morgan fingerprint density at radius 1 is 1.16 bits per heavy atom. The fourth-order valence-electron chi connectivity index (χ4n) is 2.11. The molecule has 1 aromatic carbocycles. The molecule has 0 amide bonds. The molecule has 1 aromatic rings. The second-order valence-electron chi connectivity index (χ2n) is 4.51. The van der Waals surface area contributed by atoms with Gasteiger partial charge in [-0.05, 0) is 12.0 Å². The van der Waals surface area contributed by atoms with Gasteiger partial charge in [0.05, 0.1) is 6.20 Å². The van der Waals surface area contributed by atoms with Crippen LogP contribution in [0.4, 0.5) is 0 Å². The van der Waals surface area contributed by atoms with Gasteiger partial charge in [-0.15, -0.1) is 0 Å². The molecule has 2 heterocycles. The summed E-state index contributed by atoms with van der Waals surface area (Å²) in [5.74, 6) is 1.70. The van der Waals surface area contributed by atoms with Crippen molar-refractivity contribution in [2.45, 2.75) is 26.3 Å². The lowest BCUT2D eigenvalue weighted by Gasteiger charge is -2.13. The fourth-order valence-corrected chi connectivity index (χ4v) is 2.11. The van der Waals surface area contributed by atoms with E-state index < -0.39 is 0 Å². The number of rotatable bonds is 4. The maximum Gasteiger partial charge on any atom is 0.183 e. The van der Waals surface area contributed by atoms with Crippen LogP contribution < -0.4 is 0 Å². The first-order valence-electron chi connectivity index (χ1n) is 6.50. The van der Waals surface area contributed by atoms with E-state index in [2.05, 4.69) is 44.8 Å². The molecule has 0 aromatic heterocycles. The van der Waals surface area contributed by atoms with Gasteiger partial charge < -0.3 is 4.57 Å². The van der Waals surface area contributed by atoms with Crippen molar-refractivity contribution in [1.29, 1.82) is 0 Å². The Hall–Kier alpha value is -2.23. The van der Waals surface area contributed by atoms with Crippen LogP contribution in [-0.4, -0.2) is 19.5 Å². The predicted molar refractivity (Wildman–Crippen MR) is 72.8 cm³/mol. The maximum absolute atomic E-state index is 4.58. The number of nitrogens with zero attached hydrogens (tertiary/aromatic N) is 4. The van der Waals surface area contributed by atoms with Crippen LogP contribution in [0.5, 0.6) is 0 Å². The number of imidazole rings is 1. The third-order valence-corrected chi connectivity index (χ3v) is 3.02. The van der Waals surface area contributed by atoms with Crippen LogP contribution in [-0.2, 0) is 13.0 Å². The SMILES string of the molecule is CCCc1nc2ncnc-2[c]n1Cc1ccccc1. The third kappa shape index (κ3) is 2.47. The van der Waals surface area contributed by atoms with Gasteiger partial charge in [0.1, 0.15) is 17.8 Å². The van der Waals surface area contributed by atoms with Gasteiger partial charge in [-0.1, -0.05) is 37.3 Å². The lowest BCUT2D eigenvalue weighted by Crippen LogP contribution is -2.12. The third-order valence-electron chi connectivity index (χ3n) is 3.02. The average Bonchev–Trinajstić information content (AvgIpc) is 2.88. The van der Waals surface area contributed by atoms with E-state index >= 15 is 0 Å². The zero-order chi connectivity index (χ0) is 13.1. The molecule has 0 fully saturated rings. The molecule has 19 heavy (non-hydrogen) atoms. The van der Waals surface area contributed by atoms with Crippen LogP contribution >= 0.6 is 0 Å². The molecule has 3 rings (SSSR count). The normalized spacial score (nSPS) is 11.0. The minimum absolute atomic E-state index is 0.688. The van der Waals surface area contributed by atoms with Gasteiger partial charge >= 0.3 is 0 Å². The first kappa shape index (κ1) is 11.8. The number of fused-ring (bicyclic) bond motifs is 1. The number of benzene rings is 1. The maximum atomic E-state index is 4.58. The van der Waals surface area contributed by atoms with Gasteiger partial charge in [-0.2, -0.15) is 0 Å². The van der Waals surface area contributed by atoms with Gasteiger partial charge in [0.25, 0.3) is 0 Å². The number of aromatic nitrogens is 4. The molecule has 1 radical (unpaired) electrons. The van der Waals surface area contributed by atoms with Crippen molar-refractivity contribution in [2.24, 2.45) is 0 Å². The summed E-state index contributed by atoms with van der Waals surface area (Å²) in [6, 6.07) is 10.3. The number of aryl methyl sites for hydroxylation is 1. The molecule has 0 saturated carbocycles. The Balaban J connectivity index is 2.01. The molecule has 0 aliphatic carbocycles. The molecular formula is C15H15N4. The van der Waals surface area contributed by atoms with Crippen molar-refractivity contribution >= 4 is 0 Å². The highest BCUT2D eigenvalue weighted by Crippen LogP contribution is 2.16. The van der Waals surface area contributed by atoms with E-state index in [4.69, 9.17) is 0 Å². The van der Waals surface area contributed by atoms with Gasteiger partial charge in [0.15, 0.2) is 5.82 Å². The highest BCUT2D eigenvalue weighted by atomic mass is 15.1. The first-order valence-corrected chi connectivity index (χ1v) is 6.50. The summed E-state index contributed by atoms with van der Waals surface area (Å²) in [5, 5.41) is 0. The summed E-state index contributed by atoms with van der Waals surface area (Å²) in [5.41, 5.74) is 1.97. The molecule has 0 bridgehead atoms. The first-order chi connectivity index (χ1) is 9.36. The van der Waals surface area contributed by atoms with Crippen molar-refractivity contribution in [3.8, 4) is 11.5 Å². The van der Waals surface area contributed by atoms with Crippen molar-refractivity contribution < 1.29 is 0 Å². The number of hydrogen-bond acceptors (Lipinski definition) is 3. The monoisotopic (exact) mass is 251 g/mol. The van der Waals surface area contributed by atoms with E-state index in [0.717, 1.165) is 30.9 Å². The second-order valence-corrected chi connectivity index (χ2v) is 4.51. The van der Waals surface area contributed by atoms with Gasteiger partial charge in [0, 0.05) is 13.0 Å². The van der Waals surface area contributed by atoms with E-state index in [1.54, 1.807) is 0 Å². The molecular weight excluding hydrogens is 236 g/mol. The van der Waals surface area contributed by atoms with E-state index in [0.29, 0.717) is 5.82 Å². The lowest BCUT2D eigenvalue weighted by atomic mass is 10.2. The molecule has 0 N–H and O–H groups in total. The van der Waals surface area contributed by atoms with E-state index in [-0.39, 0.29) is 0 Å². The lowest BCUT2D eigenvalue weighted by molar-refractivity contribution is 0.669. The largest absolute Gasteiger partial charge is 0.322 e. The summed E-state index contributed by atoms with van der Waals surface area (Å²) in [6.07, 6.45) is 6.80. The Bertz CT molecular complexity index is 630. The van der Waals surface area contributed by atoms with Crippen molar-refractivity contribution in [3.63, 3.8) is 0 Å². The fraction of sp³-hybridized carbons (Fsp3) is 0.267. The van der Waals surface area contributed by atoms with Crippen molar-refractivity contribution in [1.82, 2.24) is 19.5 Å². The zero-order valence-electron chi connectivity index (χ0n) is 10.9. The minimum atomic E-state index is 0.688. The molecule has 4 nitrogen and oxygen atoms in total. The van der Waals surface area contributed by atoms with Gasteiger partial charge in [-0.25, -0.2) is 15.0 Å². The second kappa shape index (κ2) is 5.18. The molecule has 0 unspecified atom stereocenters. The number of hydrogen-bond donors (Lipinski definition) is 0. The highest BCUT2D eigenvalue weighted by molar-refractivity contribution is 5.47. The molecule has 2 aliphatic heterocycles. The summed E-state index contributed by atoms with van der Waals surface area (Å²) >= 11 is 0. The molecule has 2 aliphatic rings. The van der Waals surface area contributed by atoms with Crippen LogP contribution in [0, 0.1) is 6.20 Å². The predicted octanol–water partition coefficient (Wildman–Crippen LogP) is 2.58. The highest BCUT2D eigenvalue weighted by Gasteiger charge is 2.12. The van der Waals surface area contributed by atoms with Crippen LogP contribution in [0.25, 0.3) is 11.5 Å². The molecule has 0 atom stereocenters. The van der Waals surface area contributed by atoms with Crippen LogP contribution in [0.1, 0.15) is 24.7 Å². The van der Waals surface area contributed by atoms with Crippen molar-refractivity contribution in [2.75, 3.05) is 0 Å². The van der Waals surface area contributed by atoms with Crippen molar-refractivity contribution in [3.05, 3.63) is 54.2 Å². The van der Waals surface area contributed by atoms with E-state index in [1.807, 2.05) is 18.2 Å². The molecule has 4 heteroatoms. The molecule has 95 valence electrons. The molecule has 0 saturated heterocycles. The van der Waals surface area contributed by atoms with Crippen LogP contribution in [0.15, 0.2) is 36.7 Å². The summed E-state index contributed by atoms with van der Waals surface area (Å²) in [7, 11) is 0. The van der Waals surface area contributed by atoms with Crippen LogP contribution in [0.2, 0.25) is 0 Å². The Labute approximate surface area is 112 Å².